The van der Waals surface area contributed by atoms with Crippen LogP contribution in [-0.4, -0.2) is 11.4 Å². The van der Waals surface area contributed by atoms with Gasteiger partial charge in [0.2, 0.25) is 5.91 Å². The van der Waals surface area contributed by atoms with Crippen LogP contribution >= 0.6 is 24.0 Å². The summed E-state index contributed by atoms with van der Waals surface area (Å²) in [6.07, 6.45) is 1.43. The molecule has 2 unspecified atom stereocenters. The van der Waals surface area contributed by atoms with E-state index in [-0.39, 0.29) is 24.4 Å². The van der Waals surface area contributed by atoms with Crippen LogP contribution in [0, 0.1) is 5.82 Å². The van der Waals surface area contributed by atoms with Crippen molar-refractivity contribution in [3.8, 4) is 0 Å². The van der Waals surface area contributed by atoms with E-state index < -0.39 is 11.4 Å². The summed E-state index contributed by atoms with van der Waals surface area (Å²) in [6, 6.07) is 3.79. The van der Waals surface area contributed by atoms with Crippen LogP contribution in [0.4, 0.5) is 4.39 Å². The number of amides is 1. The Morgan fingerprint density at radius 2 is 2.15 bits per heavy atom. The van der Waals surface area contributed by atoms with Crippen LogP contribution in [0.3, 0.4) is 0 Å². The van der Waals surface area contributed by atoms with E-state index >= 15 is 0 Å². The van der Waals surface area contributed by atoms with E-state index in [1.54, 1.807) is 19.9 Å². The lowest BCUT2D eigenvalue weighted by Crippen LogP contribution is -2.52. The second kappa shape index (κ2) is 7.81. The van der Waals surface area contributed by atoms with Gasteiger partial charge in [0.1, 0.15) is 5.82 Å². The molecule has 0 aliphatic carbocycles. The van der Waals surface area contributed by atoms with Crippen LogP contribution < -0.4 is 11.1 Å². The molecule has 3 nitrogen and oxygen atoms in total. The fraction of sp³-hybridized carbons (Fsp3) is 0.500. The van der Waals surface area contributed by atoms with E-state index in [9.17, 15) is 9.18 Å². The first kappa shape index (κ1) is 19.2. The molecule has 0 radical (unpaired) electrons. The lowest BCUT2D eigenvalue weighted by atomic mass is 9.95. The highest BCUT2D eigenvalue weighted by molar-refractivity contribution is 6.31. The van der Waals surface area contributed by atoms with Crippen molar-refractivity contribution >= 4 is 29.9 Å². The molecule has 0 aromatic heterocycles. The maximum Gasteiger partial charge on any atom is 0.240 e. The predicted molar refractivity (Wildman–Crippen MR) is 82.7 cm³/mol. The van der Waals surface area contributed by atoms with Crippen LogP contribution in [0.15, 0.2) is 18.2 Å². The number of rotatable bonds is 5. The van der Waals surface area contributed by atoms with Gasteiger partial charge in [-0.2, -0.15) is 0 Å². The molecular weight excluding hydrogens is 302 g/mol. The average molecular weight is 323 g/mol. The summed E-state index contributed by atoms with van der Waals surface area (Å²) < 4.78 is 13.0. The SMILES string of the molecule is CCCC(C)(N)C(=O)NC(C)c1ccc(F)cc1Cl.Cl. The van der Waals surface area contributed by atoms with Gasteiger partial charge in [-0.15, -0.1) is 12.4 Å². The summed E-state index contributed by atoms with van der Waals surface area (Å²) in [5.74, 6) is -0.635. The Bertz CT molecular complexity index is 466. The van der Waals surface area contributed by atoms with E-state index in [0.717, 1.165) is 6.42 Å². The number of hydrogen-bond donors (Lipinski definition) is 2. The number of carbonyl (C=O) groups is 1. The normalized spacial score (nSPS) is 14.9. The van der Waals surface area contributed by atoms with Crippen molar-refractivity contribution in [3.63, 3.8) is 0 Å². The number of halogens is 3. The molecule has 3 N–H and O–H groups in total. The molecule has 20 heavy (non-hydrogen) atoms. The molecule has 0 saturated carbocycles. The van der Waals surface area contributed by atoms with Gasteiger partial charge in [0, 0.05) is 5.02 Å². The Balaban J connectivity index is 0.00000361. The molecule has 114 valence electrons. The zero-order chi connectivity index (χ0) is 14.6. The Morgan fingerprint density at radius 3 is 2.65 bits per heavy atom. The smallest absolute Gasteiger partial charge is 0.240 e. The maximum atomic E-state index is 13.0. The molecule has 2 atom stereocenters. The highest BCUT2D eigenvalue weighted by Gasteiger charge is 2.28. The van der Waals surface area contributed by atoms with Crippen molar-refractivity contribution in [1.29, 1.82) is 0 Å². The summed E-state index contributed by atoms with van der Waals surface area (Å²) in [6.45, 7) is 5.46. The van der Waals surface area contributed by atoms with Gasteiger partial charge in [0.15, 0.2) is 0 Å². The van der Waals surface area contributed by atoms with Crippen LogP contribution in [0.25, 0.3) is 0 Å². The molecule has 0 spiro atoms. The monoisotopic (exact) mass is 322 g/mol. The first-order chi connectivity index (χ1) is 8.77. The Morgan fingerprint density at radius 1 is 1.55 bits per heavy atom. The summed E-state index contributed by atoms with van der Waals surface area (Å²) in [5.41, 5.74) is 5.72. The summed E-state index contributed by atoms with van der Waals surface area (Å²) in [5, 5.41) is 3.10. The van der Waals surface area contributed by atoms with Crippen molar-refractivity contribution < 1.29 is 9.18 Å². The molecule has 0 aliphatic rings. The zero-order valence-electron chi connectivity index (χ0n) is 11.9. The molecule has 0 aliphatic heterocycles. The second-order valence-corrected chi connectivity index (χ2v) is 5.44. The van der Waals surface area contributed by atoms with Gasteiger partial charge in [-0.05, 0) is 38.0 Å². The third-order valence-electron chi connectivity index (χ3n) is 3.06. The van der Waals surface area contributed by atoms with Gasteiger partial charge in [-0.25, -0.2) is 4.39 Å². The fourth-order valence-corrected chi connectivity index (χ4v) is 2.26. The molecule has 0 heterocycles. The molecule has 6 heteroatoms. The standard InChI is InChI=1S/C14H20ClFN2O.ClH/c1-4-7-14(3,17)13(19)18-9(2)11-6-5-10(16)8-12(11)15;/h5-6,8-9H,4,7,17H2,1-3H3,(H,18,19);1H. The number of carbonyl (C=O) groups excluding carboxylic acids is 1. The Hall–Kier alpha value is -0.840. The minimum absolute atomic E-state index is 0. The van der Waals surface area contributed by atoms with E-state index in [2.05, 4.69) is 5.32 Å². The summed E-state index contributed by atoms with van der Waals surface area (Å²) in [4.78, 5) is 12.1. The third kappa shape index (κ3) is 4.93. The Labute approximate surface area is 130 Å². The largest absolute Gasteiger partial charge is 0.348 e. The number of nitrogens with one attached hydrogen (secondary N) is 1. The number of nitrogens with two attached hydrogens (primary N) is 1. The van der Waals surface area contributed by atoms with Crippen molar-refractivity contribution in [3.05, 3.63) is 34.6 Å². The molecule has 0 fully saturated rings. The van der Waals surface area contributed by atoms with Gasteiger partial charge in [-0.3, -0.25) is 4.79 Å². The molecular formula is C14H21Cl2FN2O. The molecule has 1 aromatic rings. The number of benzene rings is 1. The molecule has 0 saturated heterocycles. The Kier molecular flexibility index (Phi) is 7.49. The zero-order valence-corrected chi connectivity index (χ0v) is 13.4. The maximum absolute atomic E-state index is 13.0. The van der Waals surface area contributed by atoms with Crippen LogP contribution in [0.2, 0.25) is 5.02 Å². The number of hydrogen-bond acceptors (Lipinski definition) is 2. The van der Waals surface area contributed by atoms with Crippen molar-refractivity contribution in [2.75, 3.05) is 0 Å². The summed E-state index contributed by atoms with van der Waals surface area (Å²) >= 11 is 5.96. The highest BCUT2D eigenvalue weighted by atomic mass is 35.5. The minimum Gasteiger partial charge on any atom is -0.348 e. The molecule has 1 amide bonds. The van der Waals surface area contributed by atoms with Crippen molar-refractivity contribution in [2.24, 2.45) is 5.73 Å². The second-order valence-electron chi connectivity index (χ2n) is 5.03. The highest BCUT2D eigenvalue weighted by Crippen LogP contribution is 2.24. The predicted octanol–water partition coefficient (Wildman–Crippen LogP) is 3.60. The summed E-state index contributed by atoms with van der Waals surface area (Å²) in [7, 11) is 0. The molecule has 1 aromatic carbocycles. The van der Waals surface area contributed by atoms with E-state index in [4.69, 9.17) is 17.3 Å². The van der Waals surface area contributed by atoms with Gasteiger partial charge in [-0.1, -0.05) is 31.0 Å². The third-order valence-corrected chi connectivity index (χ3v) is 3.39. The quantitative estimate of drug-likeness (QED) is 0.870. The van der Waals surface area contributed by atoms with E-state index in [1.807, 2.05) is 6.92 Å². The first-order valence-corrected chi connectivity index (χ1v) is 6.70. The van der Waals surface area contributed by atoms with Gasteiger partial charge in [0.25, 0.3) is 0 Å². The lowest BCUT2D eigenvalue weighted by molar-refractivity contribution is -0.126. The van der Waals surface area contributed by atoms with Gasteiger partial charge < -0.3 is 11.1 Å². The van der Waals surface area contributed by atoms with Crippen LogP contribution in [0.5, 0.6) is 0 Å². The van der Waals surface area contributed by atoms with E-state index in [1.165, 1.54) is 12.1 Å². The molecule has 0 bridgehead atoms. The topological polar surface area (TPSA) is 55.1 Å². The van der Waals surface area contributed by atoms with Gasteiger partial charge in [0.05, 0.1) is 11.6 Å². The fourth-order valence-electron chi connectivity index (χ4n) is 1.92. The van der Waals surface area contributed by atoms with Crippen LogP contribution in [0.1, 0.15) is 45.2 Å². The van der Waals surface area contributed by atoms with Crippen molar-refractivity contribution in [2.45, 2.75) is 45.2 Å². The molecule has 1 rings (SSSR count). The minimum atomic E-state index is -0.907. The lowest BCUT2D eigenvalue weighted by Gasteiger charge is -2.26. The van der Waals surface area contributed by atoms with Gasteiger partial charge >= 0.3 is 0 Å². The van der Waals surface area contributed by atoms with Crippen molar-refractivity contribution in [1.82, 2.24) is 5.32 Å². The first-order valence-electron chi connectivity index (χ1n) is 6.32. The average Bonchev–Trinajstić information content (AvgIpc) is 2.28. The van der Waals surface area contributed by atoms with Crippen LogP contribution in [-0.2, 0) is 4.79 Å². The van der Waals surface area contributed by atoms with E-state index in [0.29, 0.717) is 17.0 Å².